The van der Waals surface area contributed by atoms with Crippen molar-refractivity contribution in [3.05, 3.63) is 46.9 Å². The second-order valence-electron chi connectivity index (χ2n) is 3.47. The Labute approximate surface area is 113 Å². The molecule has 0 amide bonds. The molecule has 2 aromatic rings. The summed E-state index contributed by atoms with van der Waals surface area (Å²) in [5.41, 5.74) is 6.43. The fourth-order valence-electron chi connectivity index (χ4n) is 1.40. The van der Waals surface area contributed by atoms with Crippen molar-refractivity contribution < 1.29 is 4.74 Å². The Hall–Kier alpha value is -1.13. The van der Waals surface area contributed by atoms with Crippen LogP contribution in [0.4, 0.5) is 5.69 Å². The molecule has 2 nitrogen and oxygen atoms in total. The molecule has 0 aliphatic rings. The molecule has 0 aliphatic carbocycles. The van der Waals surface area contributed by atoms with Gasteiger partial charge in [0, 0.05) is 21.1 Å². The molecule has 2 aromatic carbocycles. The van der Waals surface area contributed by atoms with Crippen LogP contribution in [0.25, 0.3) is 0 Å². The van der Waals surface area contributed by atoms with Crippen molar-refractivity contribution in [1.29, 1.82) is 0 Å². The summed E-state index contributed by atoms with van der Waals surface area (Å²) in [5.74, 6) is 0.804. The SMILES string of the molecule is COc1cc(N)ccc1Sc1ccc(Br)cc1. The zero-order valence-electron chi connectivity index (χ0n) is 9.31. The maximum Gasteiger partial charge on any atom is 0.134 e. The Kier molecular flexibility index (Phi) is 3.97. The number of methoxy groups -OCH3 is 1. The van der Waals surface area contributed by atoms with Gasteiger partial charge in [-0.2, -0.15) is 0 Å². The summed E-state index contributed by atoms with van der Waals surface area (Å²) in [7, 11) is 1.65. The van der Waals surface area contributed by atoms with Gasteiger partial charge in [-0.25, -0.2) is 0 Å². The lowest BCUT2D eigenvalue weighted by molar-refractivity contribution is 0.405. The van der Waals surface area contributed by atoms with Crippen molar-refractivity contribution in [3.8, 4) is 5.75 Å². The Morgan fingerprint density at radius 2 is 1.82 bits per heavy atom. The number of anilines is 1. The summed E-state index contributed by atoms with van der Waals surface area (Å²) < 4.78 is 6.39. The van der Waals surface area contributed by atoms with Crippen molar-refractivity contribution >= 4 is 33.4 Å². The first kappa shape index (κ1) is 12.3. The van der Waals surface area contributed by atoms with Gasteiger partial charge in [0.05, 0.1) is 12.0 Å². The van der Waals surface area contributed by atoms with Gasteiger partial charge in [0.25, 0.3) is 0 Å². The molecule has 88 valence electrons. The smallest absolute Gasteiger partial charge is 0.134 e. The highest BCUT2D eigenvalue weighted by molar-refractivity contribution is 9.10. The molecular weight excluding hydrogens is 298 g/mol. The number of nitrogen functional groups attached to an aromatic ring is 1. The average Bonchev–Trinajstić information content (AvgIpc) is 2.34. The van der Waals surface area contributed by atoms with Gasteiger partial charge < -0.3 is 10.5 Å². The van der Waals surface area contributed by atoms with Gasteiger partial charge in [0.1, 0.15) is 5.75 Å². The third-order valence-electron chi connectivity index (χ3n) is 2.23. The Morgan fingerprint density at radius 1 is 1.12 bits per heavy atom. The molecule has 0 aliphatic heterocycles. The van der Waals surface area contributed by atoms with Crippen LogP contribution in [0.3, 0.4) is 0 Å². The van der Waals surface area contributed by atoms with E-state index in [9.17, 15) is 0 Å². The fraction of sp³-hybridized carbons (Fsp3) is 0.0769. The third-order valence-corrected chi connectivity index (χ3v) is 3.82. The molecule has 0 unspecified atom stereocenters. The van der Waals surface area contributed by atoms with E-state index in [4.69, 9.17) is 10.5 Å². The molecule has 0 radical (unpaired) electrons. The molecule has 0 atom stereocenters. The van der Waals surface area contributed by atoms with E-state index in [1.165, 1.54) is 0 Å². The van der Waals surface area contributed by atoms with Crippen molar-refractivity contribution in [2.24, 2.45) is 0 Å². The van der Waals surface area contributed by atoms with Crippen LogP contribution in [-0.4, -0.2) is 7.11 Å². The van der Waals surface area contributed by atoms with Gasteiger partial charge in [0.15, 0.2) is 0 Å². The molecular formula is C13H12BrNOS. The van der Waals surface area contributed by atoms with Crippen LogP contribution in [0.5, 0.6) is 5.75 Å². The predicted molar refractivity (Wildman–Crippen MR) is 75.7 cm³/mol. The van der Waals surface area contributed by atoms with E-state index in [0.717, 1.165) is 20.0 Å². The fourth-order valence-corrected chi connectivity index (χ4v) is 2.57. The number of halogens is 1. The summed E-state index contributed by atoms with van der Waals surface area (Å²) in [6.45, 7) is 0. The highest BCUT2D eigenvalue weighted by Crippen LogP contribution is 2.36. The summed E-state index contributed by atoms with van der Waals surface area (Å²) in [6.07, 6.45) is 0. The topological polar surface area (TPSA) is 35.2 Å². The molecule has 0 heterocycles. The van der Waals surface area contributed by atoms with E-state index in [1.54, 1.807) is 18.9 Å². The number of ether oxygens (including phenoxy) is 1. The minimum Gasteiger partial charge on any atom is -0.495 e. The molecule has 0 saturated carbocycles. The van der Waals surface area contributed by atoms with Gasteiger partial charge in [-0.3, -0.25) is 0 Å². The lowest BCUT2D eigenvalue weighted by Crippen LogP contribution is -1.90. The monoisotopic (exact) mass is 309 g/mol. The summed E-state index contributed by atoms with van der Waals surface area (Å²) in [6, 6.07) is 13.8. The van der Waals surface area contributed by atoms with Crippen molar-refractivity contribution in [2.75, 3.05) is 12.8 Å². The quantitative estimate of drug-likeness (QED) is 0.863. The van der Waals surface area contributed by atoms with Crippen LogP contribution >= 0.6 is 27.7 Å². The number of nitrogens with two attached hydrogens (primary N) is 1. The van der Waals surface area contributed by atoms with Crippen molar-refractivity contribution in [2.45, 2.75) is 9.79 Å². The highest BCUT2D eigenvalue weighted by atomic mass is 79.9. The Morgan fingerprint density at radius 3 is 2.47 bits per heavy atom. The van der Waals surface area contributed by atoms with E-state index in [2.05, 4.69) is 28.1 Å². The normalized spacial score (nSPS) is 10.2. The first-order valence-corrected chi connectivity index (χ1v) is 6.67. The zero-order valence-corrected chi connectivity index (χ0v) is 11.7. The third kappa shape index (κ3) is 3.17. The standard InChI is InChI=1S/C13H12BrNOS/c1-16-12-8-10(15)4-7-13(12)17-11-5-2-9(14)3-6-11/h2-8H,15H2,1H3. The molecule has 17 heavy (non-hydrogen) atoms. The maximum atomic E-state index is 5.72. The summed E-state index contributed by atoms with van der Waals surface area (Å²) in [5, 5.41) is 0. The van der Waals surface area contributed by atoms with Crippen LogP contribution in [0, 0.1) is 0 Å². The Bertz CT molecular complexity index is 513. The predicted octanol–water partition coefficient (Wildman–Crippen LogP) is 4.19. The van der Waals surface area contributed by atoms with Gasteiger partial charge in [0.2, 0.25) is 0 Å². The van der Waals surface area contributed by atoms with Crippen LogP contribution in [0.2, 0.25) is 0 Å². The lowest BCUT2D eigenvalue weighted by atomic mass is 10.3. The molecule has 0 fully saturated rings. The minimum atomic E-state index is 0.710. The summed E-state index contributed by atoms with van der Waals surface area (Å²) in [4.78, 5) is 2.22. The van der Waals surface area contributed by atoms with Gasteiger partial charge in [-0.05, 0) is 36.4 Å². The van der Waals surface area contributed by atoms with Crippen LogP contribution in [-0.2, 0) is 0 Å². The molecule has 0 bridgehead atoms. The number of benzene rings is 2. The molecule has 0 saturated heterocycles. The van der Waals surface area contributed by atoms with E-state index >= 15 is 0 Å². The number of rotatable bonds is 3. The largest absolute Gasteiger partial charge is 0.495 e. The Balaban J connectivity index is 2.26. The number of hydrogen-bond donors (Lipinski definition) is 1. The van der Waals surface area contributed by atoms with Crippen LogP contribution in [0.15, 0.2) is 56.7 Å². The average molecular weight is 310 g/mol. The number of hydrogen-bond acceptors (Lipinski definition) is 3. The van der Waals surface area contributed by atoms with E-state index < -0.39 is 0 Å². The van der Waals surface area contributed by atoms with Gasteiger partial charge in [-0.15, -0.1) is 0 Å². The first-order chi connectivity index (χ1) is 8.19. The molecule has 2 rings (SSSR count). The second kappa shape index (κ2) is 5.47. The van der Waals surface area contributed by atoms with Gasteiger partial charge >= 0.3 is 0 Å². The van der Waals surface area contributed by atoms with Crippen LogP contribution in [0.1, 0.15) is 0 Å². The van der Waals surface area contributed by atoms with E-state index in [-0.39, 0.29) is 0 Å². The zero-order chi connectivity index (χ0) is 12.3. The minimum absolute atomic E-state index is 0.710. The first-order valence-electron chi connectivity index (χ1n) is 5.06. The highest BCUT2D eigenvalue weighted by Gasteiger charge is 2.05. The maximum absolute atomic E-state index is 5.72. The van der Waals surface area contributed by atoms with Crippen LogP contribution < -0.4 is 10.5 Å². The molecule has 2 N–H and O–H groups in total. The van der Waals surface area contributed by atoms with Gasteiger partial charge in [-0.1, -0.05) is 27.7 Å². The molecule has 0 aromatic heterocycles. The summed E-state index contributed by atoms with van der Waals surface area (Å²) >= 11 is 5.07. The van der Waals surface area contributed by atoms with Crippen molar-refractivity contribution in [1.82, 2.24) is 0 Å². The molecule has 4 heteroatoms. The lowest BCUT2D eigenvalue weighted by Gasteiger charge is -2.08. The van der Waals surface area contributed by atoms with E-state index in [1.807, 2.05) is 30.3 Å². The molecule has 0 spiro atoms. The van der Waals surface area contributed by atoms with Crippen molar-refractivity contribution in [3.63, 3.8) is 0 Å². The van der Waals surface area contributed by atoms with E-state index in [0.29, 0.717) is 5.69 Å². The second-order valence-corrected chi connectivity index (χ2v) is 5.50.